The SMILES string of the molecule is CC(CCc1ccc(Cl)c(Cl)c1)N(CC#Cc1ccc(OC(F)(F)F)cc1)C(=O)C1CNC(=O)C1=O. The fourth-order valence-electron chi connectivity index (χ4n) is 3.58. The number of hydrogen-bond acceptors (Lipinski definition) is 4. The van der Waals surface area contributed by atoms with E-state index in [1.165, 1.54) is 17.0 Å². The van der Waals surface area contributed by atoms with Gasteiger partial charge < -0.3 is 15.0 Å². The van der Waals surface area contributed by atoms with Crippen molar-refractivity contribution in [3.63, 3.8) is 0 Å². The number of carbonyl (C=O) groups excluding carboxylic acids is 3. The van der Waals surface area contributed by atoms with Crippen molar-refractivity contribution >= 4 is 40.8 Å². The van der Waals surface area contributed by atoms with Crippen LogP contribution >= 0.6 is 23.2 Å². The van der Waals surface area contributed by atoms with Crippen molar-refractivity contribution in [1.29, 1.82) is 0 Å². The Morgan fingerprint density at radius 1 is 1.17 bits per heavy atom. The van der Waals surface area contributed by atoms with Gasteiger partial charge in [0.15, 0.2) is 0 Å². The number of ketones is 1. The van der Waals surface area contributed by atoms with E-state index < -0.39 is 29.9 Å². The van der Waals surface area contributed by atoms with E-state index in [0.29, 0.717) is 28.5 Å². The third-order valence-corrected chi connectivity index (χ3v) is 6.26. The average molecular weight is 541 g/mol. The van der Waals surface area contributed by atoms with Gasteiger partial charge in [-0.25, -0.2) is 0 Å². The number of Topliss-reactive ketones (excluding diaryl/α,β-unsaturated/α-hetero) is 1. The molecule has 2 aromatic rings. The van der Waals surface area contributed by atoms with Crippen molar-refractivity contribution in [2.75, 3.05) is 13.1 Å². The molecule has 36 heavy (non-hydrogen) atoms. The number of amides is 2. The van der Waals surface area contributed by atoms with Crippen LogP contribution in [-0.2, 0) is 20.8 Å². The van der Waals surface area contributed by atoms with E-state index in [1.807, 2.05) is 6.07 Å². The second-order valence-corrected chi connectivity index (χ2v) is 8.92. The van der Waals surface area contributed by atoms with Crippen LogP contribution in [0.15, 0.2) is 42.5 Å². The molecule has 1 aliphatic heterocycles. The summed E-state index contributed by atoms with van der Waals surface area (Å²) in [6, 6.07) is 9.86. The average Bonchev–Trinajstić information content (AvgIpc) is 3.15. The molecule has 190 valence electrons. The fraction of sp³-hybridized carbons (Fsp3) is 0.320. The summed E-state index contributed by atoms with van der Waals surface area (Å²) in [6.07, 6.45) is -3.72. The molecule has 1 saturated heterocycles. The molecule has 0 bridgehead atoms. The Bertz CT molecular complexity index is 1210. The molecule has 2 unspecified atom stereocenters. The number of nitrogens with zero attached hydrogens (tertiary/aromatic N) is 1. The molecule has 0 spiro atoms. The third kappa shape index (κ3) is 7.39. The highest BCUT2D eigenvalue weighted by Gasteiger charge is 2.40. The normalized spacial score (nSPS) is 16.1. The fourth-order valence-corrected chi connectivity index (χ4v) is 3.90. The van der Waals surface area contributed by atoms with Gasteiger partial charge in [0.1, 0.15) is 11.7 Å². The second kappa shape index (κ2) is 11.7. The highest BCUT2D eigenvalue weighted by Crippen LogP contribution is 2.24. The van der Waals surface area contributed by atoms with Crippen molar-refractivity contribution in [2.45, 2.75) is 32.2 Å². The molecule has 1 fully saturated rings. The standard InChI is InChI=1S/C25H21Cl2F3N2O4/c1-15(4-5-17-8-11-20(26)21(27)13-17)32(24(35)19-14-31-23(34)22(19)33)12-2-3-16-6-9-18(10-7-16)36-25(28,29)30/h6-11,13,15,19H,4-5,12,14H2,1H3,(H,31,34). The minimum absolute atomic E-state index is 0.0554. The summed E-state index contributed by atoms with van der Waals surface area (Å²) >= 11 is 12.0. The van der Waals surface area contributed by atoms with E-state index >= 15 is 0 Å². The molecule has 1 heterocycles. The van der Waals surface area contributed by atoms with E-state index in [1.54, 1.807) is 19.1 Å². The number of aryl methyl sites for hydroxylation is 1. The van der Waals surface area contributed by atoms with Crippen LogP contribution in [0.2, 0.25) is 10.0 Å². The molecule has 0 aliphatic carbocycles. The molecule has 6 nitrogen and oxygen atoms in total. The monoisotopic (exact) mass is 540 g/mol. The van der Waals surface area contributed by atoms with E-state index in [2.05, 4.69) is 21.9 Å². The summed E-state index contributed by atoms with van der Waals surface area (Å²) in [5.41, 5.74) is 1.32. The van der Waals surface area contributed by atoms with Crippen molar-refractivity contribution in [1.82, 2.24) is 10.2 Å². The first kappa shape index (κ1) is 27.4. The molecule has 2 aromatic carbocycles. The van der Waals surface area contributed by atoms with E-state index in [-0.39, 0.29) is 24.9 Å². The molecular weight excluding hydrogens is 520 g/mol. The molecule has 0 radical (unpaired) electrons. The van der Waals surface area contributed by atoms with Crippen LogP contribution in [0, 0.1) is 17.8 Å². The third-order valence-electron chi connectivity index (χ3n) is 5.53. The Kier molecular flexibility index (Phi) is 8.88. The van der Waals surface area contributed by atoms with Crippen molar-refractivity contribution in [2.24, 2.45) is 5.92 Å². The van der Waals surface area contributed by atoms with Gasteiger partial charge in [0.25, 0.3) is 5.91 Å². The number of carbonyl (C=O) groups is 3. The topological polar surface area (TPSA) is 75.7 Å². The van der Waals surface area contributed by atoms with E-state index in [9.17, 15) is 27.6 Å². The Morgan fingerprint density at radius 3 is 2.44 bits per heavy atom. The quantitative estimate of drug-likeness (QED) is 0.320. The lowest BCUT2D eigenvalue weighted by atomic mass is 10.0. The van der Waals surface area contributed by atoms with Crippen LogP contribution in [0.3, 0.4) is 0 Å². The number of ether oxygens (including phenoxy) is 1. The van der Waals surface area contributed by atoms with Gasteiger partial charge in [-0.05, 0) is 61.7 Å². The highest BCUT2D eigenvalue weighted by molar-refractivity contribution is 6.42. The first-order valence-corrected chi connectivity index (χ1v) is 11.6. The summed E-state index contributed by atoms with van der Waals surface area (Å²) in [5.74, 6) is 1.99. The van der Waals surface area contributed by atoms with Gasteiger partial charge >= 0.3 is 6.36 Å². The second-order valence-electron chi connectivity index (χ2n) is 8.10. The Morgan fingerprint density at radius 2 is 1.86 bits per heavy atom. The highest BCUT2D eigenvalue weighted by atomic mass is 35.5. The zero-order valence-corrected chi connectivity index (χ0v) is 20.5. The zero-order chi connectivity index (χ0) is 26.5. The van der Waals surface area contributed by atoms with Gasteiger partial charge in [0, 0.05) is 18.2 Å². The summed E-state index contributed by atoms with van der Waals surface area (Å²) in [4.78, 5) is 38.3. The lowest BCUT2D eigenvalue weighted by Crippen LogP contribution is -2.45. The number of nitrogens with one attached hydrogen (secondary N) is 1. The van der Waals surface area contributed by atoms with E-state index in [0.717, 1.165) is 17.7 Å². The molecule has 0 saturated carbocycles. The molecule has 1 N–H and O–H groups in total. The van der Waals surface area contributed by atoms with Gasteiger partial charge in [-0.15, -0.1) is 13.2 Å². The summed E-state index contributed by atoms with van der Waals surface area (Å²) < 4.78 is 40.8. The maximum Gasteiger partial charge on any atom is 0.573 e. The van der Waals surface area contributed by atoms with Crippen LogP contribution in [0.1, 0.15) is 24.5 Å². The first-order chi connectivity index (χ1) is 16.9. The van der Waals surface area contributed by atoms with Crippen molar-refractivity contribution < 1.29 is 32.3 Å². The smallest absolute Gasteiger partial charge is 0.406 e. The van der Waals surface area contributed by atoms with Gasteiger partial charge in [-0.3, -0.25) is 14.4 Å². The maximum atomic E-state index is 13.2. The van der Waals surface area contributed by atoms with Crippen molar-refractivity contribution in [3.05, 3.63) is 63.6 Å². The van der Waals surface area contributed by atoms with Crippen LogP contribution in [-0.4, -0.2) is 48.0 Å². The minimum Gasteiger partial charge on any atom is -0.406 e. The minimum atomic E-state index is -4.80. The Labute approximate surface area is 215 Å². The largest absolute Gasteiger partial charge is 0.573 e. The Hall–Kier alpha value is -3.22. The Balaban J connectivity index is 1.73. The molecule has 2 amide bonds. The van der Waals surface area contributed by atoms with Crippen LogP contribution < -0.4 is 10.1 Å². The number of rotatable bonds is 7. The van der Waals surface area contributed by atoms with Gasteiger partial charge in [0.2, 0.25) is 11.7 Å². The van der Waals surface area contributed by atoms with Crippen molar-refractivity contribution in [3.8, 4) is 17.6 Å². The van der Waals surface area contributed by atoms with Crippen LogP contribution in [0.4, 0.5) is 13.2 Å². The molecule has 1 aliphatic rings. The summed E-state index contributed by atoms with van der Waals surface area (Å²) in [7, 11) is 0. The predicted molar refractivity (Wildman–Crippen MR) is 127 cm³/mol. The summed E-state index contributed by atoms with van der Waals surface area (Å²) in [6.45, 7) is 1.66. The van der Waals surface area contributed by atoms with E-state index in [4.69, 9.17) is 23.2 Å². The first-order valence-electron chi connectivity index (χ1n) is 10.9. The van der Waals surface area contributed by atoms with Gasteiger partial charge in [-0.1, -0.05) is 41.1 Å². The lowest BCUT2D eigenvalue weighted by Gasteiger charge is -2.29. The van der Waals surface area contributed by atoms with Gasteiger partial charge in [-0.2, -0.15) is 0 Å². The molecule has 11 heteroatoms. The molecular formula is C25H21Cl2F3N2O4. The van der Waals surface area contributed by atoms with Crippen LogP contribution in [0.5, 0.6) is 5.75 Å². The predicted octanol–water partition coefficient (Wildman–Crippen LogP) is 4.41. The maximum absolute atomic E-state index is 13.2. The molecule has 3 rings (SSSR count). The zero-order valence-electron chi connectivity index (χ0n) is 19.0. The van der Waals surface area contributed by atoms with Gasteiger partial charge in [0.05, 0.1) is 16.6 Å². The number of hydrogen-bond donors (Lipinski definition) is 1. The molecule has 2 atom stereocenters. The molecule has 0 aromatic heterocycles. The number of benzene rings is 2. The lowest BCUT2D eigenvalue weighted by molar-refractivity contribution is -0.274. The number of halogens is 5. The van der Waals surface area contributed by atoms with Crippen LogP contribution in [0.25, 0.3) is 0 Å². The number of alkyl halides is 3. The summed E-state index contributed by atoms with van der Waals surface area (Å²) in [5, 5.41) is 3.21.